The number of likely N-dealkylation sites (tertiary alicyclic amines) is 1. The molecule has 1 amide bonds. The summed E-state index contributed by atoms with van der Waals surface area (Å²) in [4.78, 5) is 50.5. The van der Waals surface area contributed by atoms with Gasteiger partial charge in [-0.25, -0.2) is 4.98 Å². The van der Waals surface area contributed by atoms with Gasteiger partial charge in [0.25, 0.3) is 0 Å². The summed E-state index contributed by atoms with van der Waals surface area (Å²) in [6.07, 6.45) is 6.45. The Labute approximate surface area is 236 Å². The summed E-state index contributed by atoms with van der Waals surface area (Å²) < 4.78 is 9.81. The first kappa shape index (κ1) is 25.1. The Hall–Kier alpha value is -3.84. The van der Waals surface area contributed by atoms with Gasteiger partial charge < -0.3 is 9.64 Å². The molecule has 1 saturated heterocycles. The summed E-state index contributed by atoms with van der Waals surface area (Å²) in [6, 6.07) is 4.71. The normalized spacial score (nSPS) is 23.9. The van der Waals surface area contributed by atoms with Crippen LogP contribution in [0.5, 0.6) is 0 Å². The van der Waals surface area contributed by atoms with Crippen molar-refractivity contribution in [3.05, 3.63) is 64.0 Å². The summed E-state index contributed by atoms with van der Waals surface area (Å²) in [5.41, 5.74) is 2.78. The number of fused-ring (bicyclic) bond motifs is 5. The minimum atomic E-state index is -0.612. The van der Waals surface area contributed by atoms with Gasteiger partial charge in [0.1, 0.15) is 22.5 Å². The monoisotopic (exact) mass is 604 g/mol. The van der Waals surface area contributed by atoms with E-state index in [1.54, 1.807) is 28.0 Å². The van der Waals surface area contributed by atoms with E-state index in [0.717, 1.165) is 17.7 Å². The first-order valence-electron chi connectivity index (χ1n) is 13.1. The molecule has 13 heteroatoms. The van der Waals surface area contributed by atoms with E-state index in [1.165, 1.54) is 11.6 Å². The summed E-state index contributed by atoms with van der Waals surface area (Å²) in [7, 11) is 0. The molecule has 6 heterocycles. The Morgan fingerprint density at radius 2 is 2.08 bits per heavy atom. The molecular formula is C27H25BrN8O4. The van der Waals surface area contributed by atoms with Gasteiger partial charge in [-0.3, -0.25) is 28.7 Å². The van der Waals surface area contributed by atoms with E-state index in [2.05, 4.69) is 41.3 Å². The van der Waals surface area contributed by atoms with Gasteiger partial charge >= 0.3 is 0 Å². The molecule has 3 atom stereocenters. The molecule has 7 rings (SSSR count). The van der Waals surface area contributed by atoms with E-state index in [1.807, 2.05) is 18.3 Å². The van der Waals surface area contributed by atoms with Gasteiger partial charge in [-0.1, -0.05) is 11.3 Å². The molecule has 1 spiro atoms. The van der Waals surface area contributed by atoms with Crippen molar-refractivity contribution in [1.29, 1.82) is 0 Å². The Kier molecular flexibility index (Phi) is 5.89. The van der Waals surface area contributed by atoms with E-state index >= 15 is 0 Å². The molecule has 1 aliphatic carbocycles. The zero-order chi connectivity index (χ0) is 27.6. The summed E-state index contributed by atoms with van der Waals surface area (Å²) >= 11 is 3.42. The molecule has 0 aromatic carbocycles. The number of aromatic nitrogens is 7. The quantitative estimate of drug-likeness (QED) is 0.254. The van der Waals surface area contributed by atoms with Crippen LogP contribution in [0.3, 0.4) is 0 Å². The number of nitrogens with zero attached hydrogens (tertiary/aromatic N) is 8. The maximum absolute atomic E-state index is 14.0. The number of halogens is 1. The molecule has 4 bridgehead atoms. The maximum atomic E-state index is 14.0. The van der Waals surface area contributed by atoms with Crippen molar-refractivity contribution in [1.82, 2.24) is 39.6 Å². The summed E-state index contributed by atoms with van der Waals surface area (Å²) in [5, 5.41) is 13.6. The second-order valence-electron chi connectivity index (χ2n) is 10.8. The van der Waals surface area contributed by atoms with Gasteiger partial charge in [0, 0.05) is 30.0 Å². The first-order chi connectivity index (χ1) is 19.3. The average Bonchev–Trinajstić information content (AvgIpc) is 3.22. The third-order valence-corrected chi connectivity index (χ3v) is 8.64. The smallest absolute Gasteiger partial charge is 0.245 e. The Morgan fingerprint density at radius 1 is 1.20 bits per heavy atom. The highest BCUT2D eigenvalue weighted by atomic mass is 79.9. The number of piperidine rings is 1. The molecule has 0 radical (unpaired) electrons. The SMILES string of the molecule is CC(=O)c1nn(CC(=O)N2[C@H]3C[C@]4(C[C@@H]24)Cn2cc(nn2)COCc2ccc(Br)nc2CC3=O)c2cnccc12. The number of ether oxygens (including phenoxy) is 1. The number of carbonyl (C=O) groups excluding carboxylic acids is 3. The number of ketones is 2. The van der Waals surface area contributed by atoms with Gasteiger partial charge in [0.05, 0.1) is 55.8 Å². The van der Waals surface area contributed by atoms with Crippen LogP contribution in [-0.4, -0.2) is 69.2 Å². The topological polar surface area (TPSA) is 138 Å². The lowest BCUT2D eigenvalue weighted by Crippen LogP contribution is -2.45. The Morgan fingerprint density at radius 3 is 2.92 bits per heavy atom. The fourth-order valence-electron chi connectivity index (χ4n) is 6.24. The molecule has 40 heavy (non-hydrogen) atoms. The van der Waals surface area contributed by atoms with Crippen molar-refractivity contribution < 1.29 is 19.1 Å². The van der Waals surface area contributed by atoms with Crippen LogP contribution in [0.25, 0.3) is 10.9 Å². The lowest BCUT2D eigenvalue weighted by Gasteiger charge is -2.27. The summed E-state index contributed by atoms with van der Waals surface area (Å²) in [6.45, 7) is 2.47. The van der Waals surface area contributed by atoms with Crippen molar-refractivity contribution in [2.45, 2.75) is 64.6 Å². The van der Waals surface area contributed by atoms with E-state index in [0.29, 0.717) is 46.5 Å². The number of amides is 1. The first-order valence-corrected chi connectivity index (χ1v) is 13.9. The lowest BCUT2D eigenvalue weighted by atomic mass is 9.94. The van der Waals surface area contributed by atoms with Crippen molar-refractivity contribution in [3.8, 4) is 0 Å². The Bertz CT molecular complexity index is 1700. The standard InChI is InChI=1S/C27H25BrN8O4/c1-15(37)26-18-4-5-29-9-21(18)35(32-26)11-25(39)36-20-7-27(8-23(27)36)14-34-10-17(31-33-34)13-40-12-16-2-3-24(28)30-19(16)6-22(20)38/h2-5,9-10,20,23H,6-8,11-14H2,1H3/t20-,23+,27-/m0/s1. The van der Waals surface area contributed by atoms with Gasteiger partial charge in [-0.05, 0) is 46.5 Å². The maximum Gasteiger partial charge on any atom is 0.245 e. The molecule has 1 saturated carbocycles. The van der Waals surface area contributed by atoms with Crippen LogP contribution in [0, 0.1) is 5.41 Å². The lowest BCUT2D eigenvalue weighted by molar-refractivity contribution is -0.139. The van der Waals surface area contributed by atoms with Gasteiger partial charge in [0.2, 0.25) is 5.91 Å². The zero-order valence-electron chi connectivity index (χ0n) is 21.7. The summed E-state index contributed by atoms with van der Waals surface area (Å²) in [5.74, 6) is -0.483. The van der Waals surface area contributed by atoms with Crippen LogP contribution in [0.1, 0.15) is 47.2 Å². The third kappa shape index (κ3) is 4.24. The Balaban J connectivity index is 1.24. The minimum absolute atomic E-state index is 0.0699. The number of carbonyl (C=O) groups is 3. The van der Waals surface area contributed by atoms with Gasteiger partial charge in [-0.15, -0.1) is 5.10 Å². The van der Waals surface area contributed by atoms with Crippen molar-refractivity contribution >= 4 is 44.3 Å². The predicted octanol–water partition coefficient (Wildman–Crippen LogP) is 2.28. The van der Waals surface area contributed by atoms with E-state index < -0.39 is 6.04 Å². The highest BCUT2D eigenvalue weighted by molar-refractivity contribution is 9.10. The van der Waals surface area contributed by atoms with Crippen LogP contribution in [0.4, 0.5) is 0 Å². The van der Waals surface area contributed by atoms with Crippen molar-refractivity contribution in [3.63, 3.8) is 0 Å². The predicted molar refractivity (Wildman–Crippen MR) is 143 cm³/mol. The minimum Gasteiger partial charge on any atom is -0.370 e. The third-order valence-electron chi connectivity index (χ3n) is 8.20. The number of rotatable bonds is 3. The average molecular weight is 605 g/mol. The van der Waals surface area contributed by atoms with Crippen molar-refractivity contribution in [2.24, 2.45) is 5.41 Å². The van der Waals surface area contributed by atoms with E-state index in [4.69, 9.17) is 4.74 Å². The van der Waals surface area contributed by atoms with E-state index in [9.17, 15) is 14.4 Å². The molecule has 4 aromatic heterocycles. The number of pyridine rings is 2. The van der Waals surface area contributed by atoms with E-state index in [-0.39, 0.29) is 48.5 Å². The second kappa shape index (κ2) is 9.37. The van der Waals surface area contributed by atoms with Gasteiger partial charge in [0.15, 0.2) is 11.6 Å². The number of Topliss-reactive ketones (excluding diaryl/α,β-unsaturated/α-hetero) is 2. The molecule has 3 aliphatic rings. The molecule has 2 aliphatic heterocycles. The van der Waals surface area contributed by atoms with Crippen LogP contribution < -0.4 is 0 Å². The molecular weight excluding hydrogens is 580 g/mol. The van der Waals surface area contributed by atoms with Crippen LogP contribution in [0.15, 0.2) is 41.4 Å². The highest BCUT2D eigenvalue weighted by Gasteiger charge is 2.67. The fourth-order valence-corrected chi connectivity index (χ4v) is 6.59. The number of hydrogen-bond donors (Lipinski definition) is 0. The zero-order valence-corrected chi connectivity index (χ0v) is 23.2. The van der Waals surface area contributed by atoms with Crippen LogP contribution in [-0.2, 0) is 47.1 Å². The number of hydrogen-bond acceptors (Lipinski definition) is 9. The molecule has 0 N–H and O–H groups in total. The highest BCUT2D eigenvalue weighted by Crippen LogP contribution is 2.60. The fraction of sp³-hybridized carbons (Fsp3) is 0.407. The molecule has 4 aromatic rings. The largest absolute Gasteiger partial charge is 0.370 e. The van der Waals surface area contributed by atoms with Gasteiger partial charge in [-0.2, -0.15) is 5.10 Å². The molecule has 204 valence electrons. The van der Waals surface area contributed by atoms with Crippen LogP contribution >= 0.6 is 15.9 Å². The molecule has 2 fully saturated rings. The van der Waals surface area contributed by atoms with Crippen LogP contribution in [0.2, 0.25) is 0 Å². The van der Waals surface area contributed by atoms with Crippen molar-refractivity contribution in [2.75, 3.05) is 0 Å². The second-order valence-corrected chi connectivity index (χ2v) is 11.7. The molecule has 12 nitrogen and oxygen atoms in total. The molecule has 0 unspecified atom stereocenters.